The van der Waals surface area contributed by atoms with Crippen molar-refractivity contribution in [3.8, 4) is 5.75 Å². The molecule has 2 aromatic carbocycles. The second kappa shape index (κ2) is 9.62. The highest BCUT2D eigenvalue weighted by Gasteiger charge is 2.64. The monoisotopic (exact) mass is 659 g/mol. The molecule has 0 saturated heterocycles. The van der Waals surface area contributed by atoms with Crippen LogP contribution in [0.3, 0.4) is 0 Å². The molecular formula is C23H23I2N3O4. The van der Waals surface area contributed by atoms with E-state index < -0.39 is 4.92 Å². The van der Waals surface area contributed by atoms with Crippen LogP contribution in [0.4, 0.5) is 5.69 Å². The number of hydrogen-bond acceptors (Lipinski definition) is 5. The van der Waals surface area contributed by atoms with Crippen molar-refractivity contribution in [3.05, 3.63) is 64.8 Å². The van der Waals surface area contributed by atoms with E-state index in [1.807, 2.05) is 12.1 Å². The van der Waals surface area contributed by atoms with Crippen molar-refractivity contribution >= 4 is 63.0 Å². The Hall–Kier alpha value is -1.76. The number of benzene rings is 2. The van der Waals surface area contributed by atoms with E-state index in [4.69, 9.17) is 4.74 Å². The number of nitrogens with one attached hydrogen (secondary N) is 1. The van der Waals surface area contributed by atoms with Gasteiger partial charge in [0.25, 0.3) is 5.69 Å². The average Bonchev–Trinajstić information content (AvgIpc) is 3.39. The van der Waals surface area contributed by atoms with Gasteiger partial charge in [-0.05, 0) is 105 Å². The van der Waals surface area contributed by atoms with E-state index in [9.17, 15) is 14.9 Å². The minimum atomic E-state index is -0.419. The highest BCUT2D eigenvalue weighted by atomic mass is 127. The molecule has 9 heteroatoms. The lowest BCUT2D eigenvalue weighted by molar-refractivity contribution is -0.384. The number of carbonyl (C=O) groups excluding carboxylic acids is 1. The largest absolute Gasteiger partial charge is 0.487 e. The second-order valence-corrected chi connectivity index (χ2v) is 10.9. The first-order valence-corrected chi connectivity index (χ1v) is 12.6. The van der Waals surface area contributed by atoms with E-state index in [-0.39, 0.29) is 22.9 Å². The molecule has 3 atom stereocenters. The Morgan fingerprint density at radius 2 is 1.97 bits per heavy atom. The van der Waals surface area contributed by atoms with Crippen LogP contribution in [0.5, 0.6) is 5.75 Å². The molecule has 168 valence electrons. The molecule has 2 aliphatic carbocycles. The van der Waals surface area contributed by atoms with Gasteiger partial charge in [-0.3, -0.25) is 14.9 Å². The number of ether oxygens (including phenoxy) is 1. The molecule has 0 radical (unpaired) electrons. The van der Waals surface area contributed by atoms with Crippen LogP contribution in [-0.4, -0.2) is 17.0 Å². The summed E-state index contributed by atoms with van der Waals surface area (Å²) in [5, 5.41) is 15.0. The smallest absolute Gasteiger partial charge is 0.269 e. The van der Waals surface area contributed by atoms with Crippen LogP contribution in [0.2, 0.25) is 0 Å². The van der Waals surface area contributed by atoms with Gasteiger partial charge in [-0.1, -0.05) is 19.8 Å². The first-order valence-electron chi connectivity index (χ1n) is 10.5. The lowest BCUT2D eigenvalue weighted by Gasteiger charge is -2.15. The number of hydrazone groups is 1. The molecule has 32 heavy (non-hydrogen) atoms. The lowest BCUT2D eigenvalue weighted by Crippen LogP contribution is -2.22. The van der Waals surface area contributed by atoms with Crippen LogP contribution in [-0.2, 0) is 11.4 Å². The number of rotatable bonds is 7. The maximum absolute atomic E-state index is 12.5. The predicted molar refractivity (Wildman–Crippen MR) is 139 cm³/mol. The van der Waals surface area contributed by atoms with Gasteiger partial charge in [-0.15, -0.1) is 0 Å². The fourth-order valence-electron chi connectivity index (χ4n) is 4.75. The van der Waals surface area contributed by atoms with Crippen molar-refractivity contribution < 1.29 is 14.5 Å². The Bertz CT molecular complexity index is 1050. The third-order valence-corrected chi connectivity index (χ3v) is 8.16. The van der Waals surface area contributed by atoms with Crippen molar-refractivity contribution in [1.82, 2.24) is 5.43 Å². The lowest BCUT2D eigenvalue weighted by atomic mass is 9.90. The molecule has 7 nitrogen and oxygen atoms in total. The molecule has 2 fully saturated rings. The van der Waals surface area contributed by atoms with Crippen LogP contribution in [0.1, 0.15) is 43.7 Å². The Labute approximate surface area is 213 Å². The van der Waals surface area contributed by atoms with Gasteiger partial charge in [0.1, 0.15) is 12.4 Å². The predicted octanol–water partition coefficient (Wildman–Crippen LogP) is 5.66. The molecule has 0 bridgehead atoms. The van der Waals surface area contributed by atoms with Crippen molar-refractivity contribution in [1.29, 1.82) is 0 Å². The highest BCUT2D eigenvalue weighted by Crippen LogP contribution is 2.66. The summed E-state index contributed by atoms with van der Waals surface area (Å²) in [6.07, 6.45) is 6.39. The number of hydrogen-bond donors (Lipinski definition) is 1. The summed E-state index contributed by atoms with van der Waals surface area (Å²) in [5.74, 6) is 1.39. The quantitative estimate of drug-likeness (QED) is 0.180. The van der Waals surface area contributed by atoms with Crippen LogP contribution >= 0.6 is 45.2 Å². The summed E-state index contributed by atoms with van der Waals surface area (Å²) >= 11 is 4.42. The van der Waals surface area contributed by atoms with Crippen molar-refractivity contribution in [2.75, 3.05) is 0 Å². The molecular weight excluding hydrogens is 636 g/mol. The number of non-ortho nitro benzene ring substituents is 1. The Morgan fingerprint density at radius 1 is 1.28 bits per heavy atom. The molecule has 0 aliphatic heterocycles. The molecule has 4 rings (SSSR count). The van der Waals surface area contributed by atoms with Gasteiger partial charge in [-0.25, -0.2) is 5.43 Å². The molecule has 2 saturated carbocycles. The van der Waals surface area contributed by atoms with Crippen molar-refractivity contribution in [2.24, 2.45) is 22.4 Å². The molecule has 0 aromatic heterocycles. The van der Waals surface area contributed by atoms with Gasteiger partial charge < -0.3 is 4.74 Å². The Kier molecular flexibility index (Phi) is 7.03. The zero-order chi connectivity index (χ0) is 22.9. The van der Waals surface area contributed by atoms with E-state index in [1.54, 1.807) is 18.3 Å². The summed E-state index contributed by atoms with van der Waals surface area (Å²) in [6, 6.07) is 10.2. The minimum absolute atomic E-state index is 0.0306. The Balaban J connectivity index is 1.35. The molecule has 0 spiro atoms. The third-order valence-electron chi connectivity index (χ3n) is 6.55. The van der Waals surface area contributed by atoms with Gasteiger partial charge in [0.05, 0.1) is 18.3 Å². The average molecular weight is 659 g/mol. The summed E-state index contributed by atoms with van der Waals surface area (Å²) in [6.45, 7) is 2.54. The third kappa shape index (κ3) is 4.92. The molecule has 2 aliphatic rings. The fourth-order valence-corrected chi connectivity index (χ4v) is 6.88. The van der Waals surface area contributed by atoms with Crippen LogP contribution in [0.15, 0.2) is 41.5 Å². The fraction of sp³-hybridized carbons (Fsp3) is 0.391. The summed E-state index contributed by atoms with van der Waals surface area (Å²) in [7, 11) is 0. The van der Waals surface area contributed by atoms with Crippen molar-refractivity contribution in [2.45, 2.75) is 39.2 Å². The second-order valence-electron chi connectivity index (χ2n) is 8.60. The number of fused-ring (bicyclic) bond motifs is 1. The zero-order valence-electron chi connectivity index (χ0n) is 17.5. The van der Waals surface area contributed by atoms with Gasteiger partial charge >= 0.3 is 0 Å². The van der Waals surface area contributed by atoms with Gasteiger partial charge in [0.2, 0.25) is 5.91 Å². The highest BCUT2D eigenvalue weighted by molar-refractivity contribution is 14.1. The normalized spacial score (nSPS) is 24.1. The van der Waals surface area contributed by atoms with Crippen LogP contribution in [0.25, 0.3) is 0 Å². The Morgan fingerprint density at radius 3 is 2.56 bits per heavy atom. The van der Waals surface area contributed by atoms with E-state index in [2.05, 4.69) is 62.6 Å². The maximum atomic E-state index is 12.5. The number of nitrogens with zero attached hydrogens (tertiary/aromatic N) is 2. The molecule has 2 aromatic rings. The number of halogens is 2. The summed E-state index contributed by atoms with van der Waals surface area (Å²) in [5.41, 5.74) is 4.69. The first kappa shape index (κ1) is 23.4. The minimum Gasteiger partial charge on any atom is -0.487 e. The number of nitro groups is 1. The first-order chi connectivity index (χ1) is 15.3. The number of carbonyl (C=O) groups is 1. The van der Waals surface area contributed by atoms with E-state index in [0.29, 0.717) is 12.5 Å². The molecule has 1 amide bonds. The van der Waals surface area contributed by atoms with E-state index in [1.165, 1.54) is 25.0 Å². The van der Waals surface area contributed by atoms with Gasteiger partial charge in [-0.2, -0.15) is 5.10 Å². The van der Waals surface area contributed by atoms with E-state index in [0.717, 1.165) is 36.9 Å². The molecule has 0 unspecified atom stereocenters. The van der Waals surface area contributed by atoms with Gasteiger partial charge in [0, 0.05) is 18.1 Å². The molecule has 0 heterocycles. The summed E-state index contributed by atoms with van der Waals surface area (Å²) in [4.78, 5) is 22.9. The topological polar surface area (TPSA) is 93.8 Å². The number of nitro benzene ring substituents is 1. The van der Waals surface area contributed by atoms with Gasteiger partial charge in [0.15, 0.2) is 0 Å². The maximum Gasteiger partial charge on any atom is 0.269 e. The standard InChI is InChI=1S/C23H23I2N3O4/c1-23-9-3-2-4-17(23)20(23)22(29)27-26-12-15-10-18(24)21(19(25)11-15)32-13-14-5-7-16(8-6-14)28(30)31/h5-8,10-12,17,20H,2-4,9,13H2,1H3,(H,27,29)/b26-12-/t17-,20-,23-/m0/s1. The van der Waals surface area contributed by atoms with Crippen molar-refractivity contribution in [3.63, 3.8) is 0 Å². The SMILES string of the molecule is C[C@]12CCCC[C@H]1[C@H]2C(=O)N/N=C\c1cc(I)c(OCc2ccc([N+](=O)[O-])cc2)c(I)c1. The van der Waals surface area contributed by atoms with E-state index >= 15 is 0 Å². The van der Waals surface area contributed by atoms with Crippen LogP contribution in [0, 0.1) is 34.5 Å². The summed E-state index contributed by atoms with van der Waals surface area (Å²) < 4.78 is 7.80. The molecule has 1 N–H and O–H groups in total. The van der Waals surface area contributed by atoms with Crippen LogP contribution < -0.4 is 10.2 Å². The zero-order valence-corrected chi connectivity index (χ0v) is 21.8. The number of amides is 1.